The first-order chi connectivity index (χ1) is 9.28. The molecule has 0 N–H and O–H groups in total. The van der Waals surface area contributed by atoms with Gasteiger partial charge in [0.1, 0.15) is 11.9 Å². The summed E-state index contributed by atoms with van der Waals surface area (Å²) < 4.78 is 6.10. The molecule has 2 heteroatoms. The number of fused-ring (bicyclic) bond motifs is 3. The standard InChI is InChI=1S/C17H19NO/c1-3-14-12-18(2)11-10-16-15-7-5-4-6-13(15)8-9-17(16)19-14/h3-9,14H,1,10-12H2,2H3/t14-/m1/s1. The fraction of sp³-hybridized carbons (Fsp3) is 0.294. The van der Waals surface area contributed by atoms with E-state index < -0.39 is 0 Å². The van der Waals surface area contributed by atoms with Crippen molar-refractivity contribution in [1.29, 1.82) is 0 Å². The summed E-state index contributed by atoms with van der Waals surface area (Å²) in [5, 5.41) is 2.58. The first-order valence-corrected chi connectivity index (χ1v) is 6.76. The van der Waals surface area contributed by atoms with Crippen LogP contribution in [0.4, 0.5) is 0 Å². The number of hydrogen-bond acceptors (Lipinski definition) is 2. The summed E-state index contributed by atoms with van der Waals surface area (Å²) in [4.78, 5) is 2.30. The van der Waals surface area contributed by atoms with Crippen LogP contribution in [0.2, 0.25) is 0 Å². The zero-order valence-corrected chi connectivity index (χ0v) is 11.3. The number of hydrogen-bond donors (Lipinski definition) is 0. The monoisotopic (exact) mass is 253 g/mol. The molecule has 0 radical (unpaired) electrons. The molecular weight excluding hydrogens is 234 g/mol. The fourth-order valence-electron chi connectivity index (χ4n) is 2.71. The van der Waals surface area contributed by atoms with Gasteiger partial charge in [-0.2, -0.15) is 0 Å². The van der Waals surface area contributed by atoms with Crippen LogP contribution in [0.15, 0.2) is 49.1 Å². The maximum atomic E-state index is 6.10. The molecule has 19 heavy (non-hydrogen) atoms. The normalized spacial score (nSPS) is 20.2. The summed E-state index contributed by atoms with van der Waals surface area (Å²) in [6.45, 7) is 5.82. The van der Waals surface area contributed by atoms with Gasteiger partial charge in [-0.15, -0.1) is 0 Å². The highest BCUT2D eigenvalue weighted by Gasteiger charge is 2.18. The molecule has 98 valence electrons. The van der Waals surface area contributed by atoms with Crippen LogP contribution < -0.4 is 4.74 Å². The zero-order valence-electron chi connectivity index (χ0n) is 11.3. The van der Waals surface area contributed by atoms with Crippen molar-refractivity contribution >= 4 is 10.8 Å². The molecule has 0 amide bonds. The predicted molar refractivity (Wildman–Crippen MR) is 79.8 cm³/mol. The van der Waals surface area contributed by atoms with Gasteiger partial charge in [0.2, 0.25) is 0 Å². The highest BCUT2D eigenvalue weighted by Crippen LogP contribution is 2.30. The van der Waals surface area contributed by atoms with Gasteiger partial charge in [-0.3, -0.25) is 0 Å². The van der Waals surface area contributed by atoms with E-state index in [9.17, 15) is 0 Å². The Balaban J connectivity index is 2.12. The summed E-state index contributed by atoms with van der Waals surface area (Å²) in [6, 6.07) is 12.7. The van der Waals surface area contributed by atoms with Gasteiger partial charge < -0.3 is 9.64 Å². The highest BCUT2D eigenvalue weighted by atomic mass is 16.5. The Kier molecular flexibility index (Phi) is 3.26. The summed E-state index contributed by atoms with van der Waals surface area (Å²) in [6.07, 6.45) is 2.97. The van der Waals surface area contributed by atoms with Gasteiger partial charge in [0.05, 0.1) is 0 Å². The minimum atomic E-state index is 0.0604. The van der Waals surface area contributed by atoms with Gasteiger partial charge in [0.15, 0.2) is 0 Å². The summed E-state index contributed by atoms with van der Waals surface area (Å²) in [7, 11) is 2.13. The van der Waals surface area contributed by atoms with Crippen molar-refractivity contribution in [2.24, 2.45) is 0 Å². The molecule has 2 aromatic carbocycles. The quantitative estimate of drug-likeness (QED) is 0.723. The van der Waals surface area contributed by atoms with Crippen LogP contribution in [-0.4, -0.2) is 31.1 Å². The van der Waals surface area contributed by atoms with Crippen molar-refractivity contribution in [3.63, 3.8) is 0 Å². The molecule has 0 unspecified atom stereocenters. The fourth-order valence-corrected chi connectivity index (χ4v) is 2.71. The molecule has 0 saturated carbocycles. The molecule has 0 fully saturated rings. The van der Waals surface area contributed by atoms with Crippen LogP contribution in [0.3, 0.4) is 0 Å². The molecule has 0 saturated heterocycles. The van der Waals surface area contributed by atoms with E-state index in [2.05, 4.69) is 54.9 Å². The molecule has 0 aliphatic carbocycles. The van der Waals surface area contributed by atoms with Crippen molar-refractivity contribution in [2.45, 2.75) is 12.5 Å². The molecule has 3 rings (SSSR count). The third-order valence-corrected chi connectivity index (χ3v) is 3.77. The van der Waals surface area contributed by atoms with Crippen LogP contribution in [0, 0.1) is 0 Å². The van der Waals surface area contributed by atoms with Crippen LogP contribution in [0.1, 0.15) is 5.56 Å². The third kappa shape index (κ3) is 2.36. The third-order valence-electron chi connectivity index (χ3n) is 3.77. The van der Waals surface area contributed by atoms with E-state index in [0.717, 1.165) is 25.3 Å². The second kappa shape index (κ2) is 5.06. The highest BCUT2D eigenvalue weighted by molar-refractivity contribution is 5.87. The topological polar surface area (TPSA) is 12.5 Å². The van der Waals surface area contributed by atoms with E-state index in [-0.39, 0.29) is 6.10 Å². The molecule has 1 aliphatic rings. The van der Waals surface area contributed by atoms with Crippen LogP contribution in [0.5, 0.6) is 5.75 Å². The Bertz CT molecular complexity index is 605. The summed E-state index contributed by atoms with van der Waals surface area (Å²) in [5.74, 6) is 1.01. The summed E-state index contributed by atoms with van der Waals surface area (Å²) in [5.41, 5.74) is 1.32. The van der Waals surface area contributed by atoms with E-state index in [1.807, 2.05) is 6.08 Å². The number of likely N-dealkylation sites (N-methyl/N-ethyl adjacent to an activating group) is 1. The van der Waals surface area contributed by atoms with Crippen molar-refractivity contribution in [3.05, 3.63) is 54.6 Å². The van der Waals surface area contributed by atoms with Gasteiger partial charge in [-0.25, -0.2) is 0 Å². The van der Waals surface area contributed by atoms with Crippen molar-refractivity contribution in [2.75, 3.05) is 20.1 Å². The van der Waals surface area contributed by atoms with E-state index >= 15 is 0 Å². The second-order valence-electron chi connectivity index (χ2n) is 5.17. The molecule has 0 spiro atoms. The number of benzene rings is 2. The van der Waals surface area contributed by atoms with Crippen LogP contribution >= 0.6 is 0 Å². The number of rotatable bonds is 1. The minimum Gasteiger partial charge on any atom is -0.485 e. The first kappa shape index (κ1) is 12.2. The molecule has 0 bridgehead atoms. The first-order valence-electron chi connectivity index (χ1n) is 6.76. The van der Waals surface area contributed by atoms with E-state index in [4.69, 9.17) is 4.74 Å². The van der Waals surface area contributed by atoms with E-state index in [0.29, 0.717) is 0 Å². The maximum Gasteiger partial charge on any atom is 0.129 e. The lowest BCUT2D eigenvalue weighted by Crippen LogP contribution is -2.35. The lowest BCUT2D eigenvalue weighted by Gasteiger charge is -2.28. The van der Waals surface area contributed by atoms with Crippen molar-refractivity contribution in [3.8, 4) is 5.75 Å². The minimum absolute atomic E-state index is 0.0604. The molecule has 2 nitrogen and oxygen atoms in total. The maximum absolute atomic E-state index is 6.10. The lowest BCUT2D eigenvalue weighted by molar-refractivity contribution is 0.174. The molecule has 2 aromatic rings. The average molecular weight is 253 g/mol. The molecular formula is C17H19NO. The Morgan fingerprint density at radius 3 is 2.95 bits per heavy atom. The number of ether oxygens (including phenoxy) is 1. The predicted octanol–water partition coefficient (Wildman–Crippen LogP) is 3.26. The van der Waals surface area contributed by atoms with Gasteiger partial charge in [-0.1, -0.05) is 43.0 Å². The lowest BCUT2D eigenvalue weighted by atomic mass is 10.00. The Morgan fingerprint density at radius 2 is 2.11 bits per heavy atom. The second-order valence-corrected chi connectivity index (χ2v) is 5.17. The van der Waals surface area contributed by atoms with Gasteiger partial charge in [0, 0.05) is 18.7 Å². The molecule has 1 aliphatic heterocycles. The van der Waals surface area contributed by atoms with Gasteiger partial charge in [-0.05, 0) is 30.3 Å². The van der Waals surface area contributed by atoms with Gasteiger partial charge >= 0.3 is 0 Å². The Hall–Kier alpha value is -1.80. The van der Waals surface area contributed by atoms with Crippen molar-refractivity contribution in [1.82, 2.24) is 4.90 Å². The molecule has 0 aromatic heterocycles. The Labute approximate surface area is 114 Å². The van der Waals surface area contributed by atoms with Gasteiger partial charge in [0.25, 0.3) is 0 Å². The van der Waals surface area contributed by atoms with E-state index in [1.54, 1.807) is 0 Å². The average Bonchev–Trinajstić information content (AvgIpc) is 2.42. The smallest absolute Gasteiger partial charge is 0.129 e. The van der Waals surface area contributed by atoms with Crippen molar-refractivity contribution < 1.29 is 4.74 Å². The SMILES string of the molecule is C=C[C@@H]1CN(C)CCc2c(ccc3ccccc23)O1. The number of nitrogens with zero attached hydrogens (tertiary/aromatic N) is 1. The summed E-state index contributed by atoms with van der Waals surface area (Å²) >= 11 is 0. The molecule has 1 atom stereocenters. The van der Waals surface area contributed by atoms with Crippen LogP contribution in [-0.2, 0) is 6.42 Å². The molecule has 1 heterocycles. The Morgan fingerprint density at radius 1 is 1.26 bits per heavy atom. The van der Waals surface area contributed by atoms with Crippen LogP contribution in [0.25, 0.3) is 10.8 Å². The zero-order chi connectivity index (χ0) is 13.2. The van der Waals surface area contributed by atoms with E-state index in [1.165, 1.54) is 16.3 Å². The largest absolute Gasteiger partial charge is 0.485 e.